The van der Waals surface area contributed by atoms with Gasteiger partial charge >= 0.3 is 13.2 Å². The van der Waals surface area contributed by atoms with Gasteiger partial charge in [0.2, 0.25) is 0 Å². The molecule has 1 amide bonds. The summed E-state index contributed by atoms with van der Waals surface area (Å²) in [6, 6.07) is 17.8. The fraction of sp³-hybridized carbons (Fsp3) is 0.333. The van der Waals surface area contributed by atoms with Gasteiger partial charge in [0.1, 0.15) is 12.4 Å². The van der Waals surface area contributed by atoms with E-state index in [1.807, 2.05) is 52.0 Å². The molecule has 196 valence electrons. The van der Waals surface area contributed by atoms with Gasteiger partial charge in [0, 0.05) is 12.5 Å². The molecule has 8 heteroatoms. The number of nitrogens with one attached hydrogen (secondary N) is 1. The number of fused-ring (bicyclic) bond motifs is 3. The maximum Gasteiger partial charge on any atom is 0.492 e. The number of aromatic nitrogens is 1. The number of rotatable bonds is 6. The van der Waals surface area contributed by atoms with Crippen LogP contribution in [0.15, 0.2) is 66.3 Å². The number of halogens is 1. The summed E-state index contributed by atoms with van der Waals surface area (Å²) >= 11 is 0. The smallest absolute Gasteiger partial charge is 0.449 e. The van der Waals surface area contributed by atoms with Crippen LogP contribution in [0.1, 0.15) is 56.0 Å². The van der Waals surface area contributed by atoms with Gasteiger partial charge in [0.25, 0.3) is 0 Å². The summed E-state index contributed by atoms with van der Waals surface area (Å²) in [4.78, 5) is 17.1. The molecule has 0 atom stereocenters. The van der Waals surface area contributed by atoms with Gasteiger partial charge in [0.15, 0.2) is 0 Å². The van der Waals surface area contributed by atoms with Crippen LogP contribution in [0.5, 0.6) is 0 Å². The second-order valence-corrected chi connectivity index (χ2v) is 10.8. The van der Waals surface area contributed by atoms with Crippen LogP contribution in [0.3, 0.4) is 0 Å². The number of benzene rings is 2. The SMILES string of the molecule is Cc1cc(F)cnc1C=C(CNC(=O)OCC1c2ccccc2-c2ccccc21)B1OC(C)(C)C(C)(C)O1. The summed E-state index contributed by atoms with van der Waals surface area (Å²) in [5.74, 6) is -0.439. The van der Waals surface area contributed by atoms with Gasteiger partial charge in [-0.15, -0.1) is 0 Å². The third kappa shape index (κ3) is 4.98. The number of carbonyl (C=O) groups excluding carboxylic acids is 1. The molecule has 5 rings (SSSR count). The van der Waals surface area contributed by atoms with Crippen molar-refractivity contribution >= 4 is 19.3 Å². The Balaban J connectivity index is 1.31. The molecule has 1 N–H and O–H groups in total. The summed E-state index contributed by atoms with van der Waals surface area (Å²) < 4.78 is 31.8. The first-order valence-corrected chi connectivity index (χ1v) is 12.8. The maximum atomic E-state index is 13.6. The van der Waals surface area contributed by atoms with Crippen molar-refractivity contribution in [1.82, 2.24) is 10.3 Å². The molecule has 0 spiro atoms. The second-order valence-electron chi connectivity index (χ2n) is 10.8. The lowest BCUT2D eigenvalue weighted by atomic mass is 9.77. The molecule has 1 aliphatic carbocycles. The zero-order valence-corrected chi connectivity index (χ0v) is 22.4. The quantitative estimate of drug-likeness (QED) is 0.404. The molecule has 2 aliphatic rings. The Morgan fingerprint density at radius 2 is 1.63 bits per heavy atom. The molecule has 1 aliphatic heterocycles. The predicted octanol–water partition coefficient (Wildman–Crippen LogP) is 6.08. The summed E-state index contributed by atoms with van der Waals surface area (Å²) in [6.45, 7) is 9.97. The minimum absolute atomic E-state index is 0.0303. The van der Waals surface area contributed by atoms with Gasteiger partial charge in [-0.25, -0.2) is 9.18 Å². The number of ether oxygens (including phenoxy) is 1. The van der Waals surface area contributed by atoms with Gasteiger partial charge in [-0.2, -0.15) is 0 Å². The monoisotopic (exact) mass is 514 g/mol. The molecule has 2 heterocycles. The zero-order valence-electron chi connectivity index (χ0n) is 22.4. The molecular formula is C30H32BFN2O4. The van der Waals surface area contributed by atoms with Crippen LogP contribution in [-0.4, -0.2) is 42.5 Å². The van der Waals surface area contributed by atoms with Crippen LogP contribution in [0, 0.1) is 12.7 Å². The number of hydrogen-bond acceptors (Lipinski definition) is 5. The van der Waals surface area contributed by atoms with Crippen molar-refractivity contribution < 1.29 is 23.2 Å². The van der Waals surface area contributed by atoms with E-state index in [9.17, 15) is 9.18 Å². The lowest BCUT2D eigenvalue weighted by Gasteiger charge is -2.32. The van der Waals surface area contributed by atoms with Gasteiger partial charge in [-0.1, -0.05) is 48.5 Å². The van der Waals surface area contributed by atoms with E-state index in [2.05, 4.69) is 34.6 Å². The van der Waals surface area contributed by atoms with E-state index >= 15 is 0 Å². The van der Waals surface area contributed by atoms with Crippen molar-refractivity contribution in [2.75, 3.05) is 13.2 Å². The molecule has 6 nitrogen and oxygen atoms in total. The molecule has 2 aromatic carbocycles. The molecule has 1 saturated heterocycles. The number of nitrogens with zero attached hydrogens (tertiary/aromatic N) is 1. The highest BCUT2D eigenvalue weighted by Gasteiger charge is 2.52. The molecule has 0 radical (unpaired) electrons. The summed E-state index contributed by atoms with van der Waals surface area (Å²) in [7, 11) is -0.708. The zero-order chi connectivity index (χ0) is 27.1. The van der Waals surface area contributed by atoms with Crippen molar-refractivity contribution in [3.05, 3.63) is 94.5 Å². The highest BCUT2D eigenvalue weighted by molar-refractivity contribution is 6.56. The predicted molar refractivity (Wildman–Crippen MR) is 146 cm³/mol. The van der Waals surface area contributed by atoms with Gasteiger partial charge < -0.3 is 19.4 Å². The highest BCUT2D eigenvalue weighted by atomic mass is 19.1. The van der Waals surface area contributed by atoms with E-state index in [0.29, 0.717) is 16.7 Å². The van der Waals surface area contributed by atoms with E-state index in [1.54, 1.807) is 13.0 Å². The van der Waals surface area contributed by atoms with Crippen LogP contribution in [0.4, 0.5) is 9.18 Å². The number of alkyl carbamates (subject to hydrolysis) is 1. The lowest BCUT2D eigenvalue weighted by Crippen LogP contribution is -2.41. The molecule has 1 fully saturated rings. The minimum atomic E-state index is -0.708. The average Bonchev–Trinajstić information content (AvgIpc) is 3.30. The Hall–Kier alpha value is -3.49. The van der Waals surface area contributed by atoms with E-state index in [4.69, 9.17) is 14.0 Å². The van der Waals surface area contributed by atoms with Crippen molar-refractivity contribution in [3.63, 3.8) is 0 Å². The Bertz CT molecular complexity index is 1340. The fourth-order valence-electron chi connectivity index (χ4n) is 4.90. The topological polar surface area (TPSA) is 69.7 Å². The Morgan fingerprint density at radius 1 is 1.05 bits per heavy atom. The number of pyridine rings is 1. The van der Waals surface area contributed by atoms with Crippen molar-refractivity contribution in [1.29, 1.82) is 0 Å². The van der Waals surface area contributed by atoms with E-state index in [-0.39, 0.29) is 19.1 Å². The van der Waals surface area contributed by atoms with Crippen molar-refractivity contribution in [3.8, 4) is 11.1 Å². The second kappa shape index (κ2) is 10.0. The number of carbonyl (C=O) groups is 1. The Kier molecular flexibility index (Phi) is 6.88. The highest BCUT2D eigenvalue weighted by Crippen LogP contribution is 2.44. The van der Waals surface area contributed by atoms with Crippen LogP contribution >= 0.6 is 0 Å². The fourth-order valence-corrected chi connectivity index (χ4v) is 4.90. The lowest BCUT2D eigenvalue weighted by molar-refractivity contribution is 0.00578. The largest absolute Gasteiger partial charge is 0.492 e. The number of amides is 1. The third-order valence-electron chi connectivity index (χ3n) is 7.74. The van der Waals surface area contributed by atoms with Crippen molar-refractivity contribution in [2.24, 2.45) is 0 Å². The first-order valence-electron chi connectivity index (χ1n) is 12.8. The van der Waals surface area contributed by atoms with Crippen LogP contribution < -0.4 is 5.32 Å². The van der Waals surface area contributed by atoms with Gasteiger partial charge in [-0.05, 0) is 80.1 Å². The molecule has 1 aromatic heterocycles. The number of hydrogen-bond donors (Lipinski definition) is 1. The van der Waals surface area contributed by atoms with Crippen LogP contribution in [0.25, 0.3) is 17.2 Å². The molecular weight excluding hydrogens is 482 g/mol. The van der Waals surface area contributed by atoms with E-state index in [1.165, 1.54) is 23.4 Å². The van der Waals surface area contributed by atoms with Gasteiger partial charge in [0.05, 0.1) is 23.1 Å². The standard InChI is InChI=1S/C30H32BFN2O4/c1-19-14-21(32)17-33-27(19)15-20(31-37-29(2,3)30(4,5)38-31)16-34-28(35)36-18-26-24-12-8-6-10-22(24)23-11-7-9-13-25(23)26/h6-15,17,26H,16,18H2,1-5H3,(H,34,35). The first-order chi connectivity index (χ1) is 18.1. The molecule has 3 aromatic rings. The molecule has 0 saturated carbocycles. The molecule has 0 unspecified atom stereocenters. The van der Waals surface area contributed by atoms with Crippen molar-refractivity contribution in [2.45, 2.75) is 51.7 Å². The summed E-state index contributed by atoms with van der Waals surface area (Å²) in [5.41, 5.74) is 5.41. The van der Waals surface area contributed by atoms with Gasteiger partial charge in [-0.3, -0.25) is 4.98 Å². The summed E-state index contributed by atoms with van der Waals surface area (Å²) in [6.07, 6.45) is 2.40. The van der Waals surface area contributed by atoms with Crippen LogP contribution in [0.2, 0.25) is 0 Å². The number of aryl methyl sites for hydroxylation is 1. The Morgan fingerprint density at radius 3 is 2.21 bits per heavy atom. The average molecular weight is 514 g/mol. The molecule has 38 heavy (non-hydrogen) atoms. The normalized spacial score (nSPS) is 17.7. The minimum Gasteiger partial charge on any atom is -0.449 e. The Labute approximate surface area is 223 Å². The van der Waals surface area contributed by atoms with E-state index < -0.39 is 30.2 Å². The maximum absolute atomic E-state index is 13.6. The third-order valence-corrected chi connectivity index (χ3v) is 7.74. The molecule has 0 bridgehead atoms. The summed E-state index contributed by atoms with van der Waals surface area (Å²) in [5, 5.41) is 2.85. The van der Waals surface area contributed by atoms with E-state index in [0.717, 1.165) is 11.1 Å². The first kappa shape index (κ1) is 26.1. The van der Waals surface area contributed by atoms with Crippen LogP contribution in [-0.2, 0) is 14.0 Å².